The minimum absolute atomic E-state index is 0.271. The van der Waals surface area contributed by atoms with Crippen molar-refractivity contribution in [3.05, 3.63) is 17.2 Å². The van der Waals surface area contributed by atoms with Crippen molar-refractivity contribution in [1.82, 2.24) is 14.9 Å². The summed E-state index contributed by atoms with van der Waals surface area (Å²) < 4.78 is 2.11. The van der Waals surface area contributed by atoms with Crippen LogP contribution in [0, 0.1) is 5.92 Å². The number of aromatic nitrogens is 2. The smallest absolute Gasteiger partial charge is 0.308 e. The summed E-state index contributed by atoms with van der Waals surface area (Å²) in [6.45, 7) is 2.40. The highest BCUT2D eigenvalue weighted by Gasteiger charge is 2.32. The van der Waals surface area contributed by atoms with E-state index in [1.165, 1.54) is 5.69 Å². The van der Waals surface area contributed by atoms with Crippen molar-refractivity contribution in [2.45, 2.75) is 25.9 Å². The van der Waals surface area contributed by atoms with Gasteiger partial charge < -0.3 is 15.0 Å². The van der Waals surface area contributed by atoms with Gasteiger partial charge in [0.15, 0.2) is 0 Å². The summed E-state index contributed by atoms with van der Waals surface area (Å²) in [4.78, 5) is 15.4. The third-order valence-electron chi connectivity index (χ3n) is 3.25. The Morgan fingerprint density at radius 3 is 3.27 bits per heavy atom. The molecule has 0 aliphatic carbocycles. The van der Waals surface area contributed by atoms with Gasteiger partial charge in [0.1, 0.15) is 5.82 Å². The Morgan fingerprint density at radius 2 is 2.47 bits per heavy atom. The Kier molecular flexibility index (Phi) is 1.82. The molecular formula is C10H13N3O2. The van der Waals surface area contributed by atoms with E-state index < -0.39 is 5.97 Å². The normalized spacial score (nSPS) is 23.6. The van der Waals surface area contributed by atoms with Crippen molar-refractivity contribution in [3.8, 4) is 0 Å². The summed E-state index contributed by atoms with van der Waals surface area (Å²) in [6, 6.07) is 0. The first kappa shape index (κ1) is 8.91. The molecule has 0 amide bonds. The molecule has 5 heteroatoms. The Labute approximate surface area is 87.1 Å². The molecule has 0 saturated heterocycles. The van der Waals surface area contributed by atoms with Gasteiger partial charge >= 0.3 is 5.97 Å². The zero-order chi connectivity index (χ0) is 10.4. The van der Waals surface area contributed by atoms with Crippen molar-refractivity contribution < 1.29 is 9.90 Å². The number of aliphatic carboxylic acids is 1. The zero-order valence-corrected chi connectivity index (χ0v) is 8.36. The number of hydrogen-bond acceptors (Lipinski definition) is 3. The highest BCUT2D eigenvalue weighted by atomic mass is 16.4. The van der Waals surface area contributed by atoms with Crippen LogP contribution in [0.15, 0.2) is 0 Å². The molecule has 3 heterocycles. The first-order valence-electron chi connectivity index (χ1n) is 5.26. The number of hydrogen-bond donors (Lipinski definition) is 2. The van der Waals surface area contributed by atoms with Crippen molar-refractivity contribution in [2.24, 2.45) is 5.92 Å². The van der Waals surface area contributed by atoms with E-state index in [0.29, 0.717) is 13.0 Å². The number of nitrogens with one attached hydrogen (secondary N) is 1. The van der Waals surface area contributed by atoms with Crippen LogP contribution in [0.5, 0.6) is 0 Å². The lowest BCUT2D eigenvalue weighted by atomic mass is 10.1. The molecule has 2 N–H and O–H groups in total. The van der Waals surface area contributed by atoms with Crippen LogP contribution < -0.4 is 5.32 Å². The van der Waals surface area contributed by atoms with E-state index >= 15 is 0 Å². The van der Waals surface area contributed by atoms with E-state index in [0.717, 1.165) is 31.0 Å². The number of carboxylic acids is 1. The molecule has 0 spiro atoms. The van der Waals surface area contributed by atoms with Crippen molar-refractivity contribution in [2.75, 3.05) is 6.54 Å². The summed E-state index contributed by atoms with van der Waals surface area (Å²) in [6.07, 6.45) is 1.55. The van der Waals surface area contributed by atoms with Gasteiger partial charge in [-0.25, -0.2) is 4.98 Å². The van der Waals surface area contributed by atoms with Crippen LogP contribution in [-0.2, 0) is 30.7 Å². The van der Waals surface area contributed by atoms with Crippen molar-refractivity contribution >= 4 is 5.97 Å². The fourth-order valence-electron chi connectivity index (χ4n) is 2.47. The van der Waals surface area contributed by atoms with Gasteiger partial charge in [-0.15, -0.1) is 0 Å². The van der Waals surface area contributed by atoms with Gasteiger partial charge in [0.25, 0.3) is 0 Å². The molecule has 2 aliphatic heterocycles. The largest absolute Gasteiger partial charge is 0.481 e. The first-order chi connectivity index (χ1) is 7.25. The first-order valence-corrected chi connectivity index (χ1v) is 5.26. The summed E-state index contributed by atoms with van der Waals surface area (Å²) in [5.74, 6) is -0.0213. The monoisotopic (exact) mass is 207 g/mol. The predicted octanol–water partition coefficient (Wildman–Crippen LogP) is -0.214. The zero-order valence-electron chi connectivity index (χ0n) is 8.36. The second-order valence-corrected chi connectivity index (χ2v) is 4.20. The molecule has 1 atom stereocenters. The SMILES string of the molecule is O=C(O)C1Cc2nc3c(n2C1)CCNC3. The highest BCUT2D eigenvalue weighted by Crippen LogP contribution is 2.26. The number of carbonyl (C=O) groups is 1. The fourth-order valence-corrected chi connectivity index (χ4v) is 2.47. The topological polar surface area (TPSA) is 67.1 Å². The maximum absolute atomic E-state index is 10.9. The molecule has 0 saturated carbocycles. The minimum Gasteiger partial charge on any atom is -0.481 e. The Bertz CT molecular complexity index is 425. The van der Waals surface area contributed by atoms with E-state index in [9.17, 15) is 4.79 Å². The van der Waals surface area contributed by atoms with E-state index in [4.69, 9.17) is 5.11 Å². The van der Waals surface area contributed by atoms with Gasteiger partial charge in [0, 0.05) is 38.2 Å². The number of fused-ring (bicyclic) bond motifs is 3. The molecule has 0 aromatic carbocycles. The lowest BCUT2D eigenvalue weighted by molar-refractivity contribution is -0.141. The second-order valence-electron chi connectivity index (χ2n) is 4.20. The molecule has 0 radical (unpaired) electrons. The van der Waals surface area contributed by atoms with Gasteiger partial charge in [-0.1, -0.05) is 0 Å². The quantitative estimate of drug-likeness (QED) is 0.668. The van der Waals surface area contributed by atoms with Gasteiger partial charge in [-0.2, -0.15) is 0 Å². The molecule has 3 rings (SSSR count). The summed E-state index contributed by atoms with van der Waals surface area (Å²) in [5, 5.41) is 12.2. The van der Waals surface area contributed by atoms with Gasteiger partial charge in [-0.05, 0) is 0 Å². The molecule has 1 aromatic heterocycles. The highest BCUT2D eigenvalue weighted by molar-refractivity contribution is 5.70. The van der Waals surface area contributed by atoms with Crippen LogP contribution in [0.25, 0.3) is 0 Å². The maximum atomic E-state index is 10.9. The van der Waals surface area contributed by atoms with Gasteiger partial charge in [-0.3, -0.25) is 4.79 Å². The molecule has 0 bridgehead atoms. The van der Waals surface area contributed by atoms with Crippen LogP contribution in [0.2, 0.25) is 0 Å². The Morgan fingerprint density at radius 1 is 1.60 bits per heavy atom. The number of imidazole rings is 1. The van der Waals surface area contributed by atoms with E-state index in [1.807, 2.05) is 0 Å². The van der Waals surface area contributed by atoms with Crippen LogP contribution in [0.4, 0.5) is 0 Å². The molecule has 0 fully saturated rings. The van der Waals surface area contributed by atoms with Crippen molar-refractivity contribution in [1.29, 1.82) is 0 Å². The molecule has 5 nitrogen and oxygen atoms in total. The van der Waals surface area contributed by atoms with Gasteiger partial charge in [0.2, 0.25) is 0 Å². The Hall–Kier alpha value is -1.36. The van der Waals surface area contributed by atoms with Crippen LogP contribution >= 0.6 is 0 Å². The number of rotatable bonds is 1. The molecular weight excluding hydrogens is 194 g/mol. The fraction of sp³-hybridized carbons (Fsp3) is 0.600. The standard InChI is InChI=1S/C10H13N3O2/c14-10(15)6-3-9-12-7-4-11-2-1-8(7)13(9)5-6/h6,11H,1-5H2,(H,14,15). The number of nitrogens with zero attached hydrogens (tertiary/aromatic N) is 2. The average molecular weight is 207 g/mol. The average Bonchev–Trinajstić information content (AvgIpc) is 2.73. The van der Waals surface area contributed by atoms with Crippen molar-refractivity contribution in [3.63, 3.8) is 0 Å². The van der Waals surface area contributed by atoms with Crippen LogP contribution in [0.3, 0.4) is 0 Å². The third-order valence-corrected chi connectivity index (χ3v) is 3.25. The molecule has 1 unspecified atom stereocenters. The molecule has 80 valence electrons. The molecule has 15 heavy (non-hydrogen) atoms. The van der Waals surface area contributed by atoms with E-state index in [1.54, 1.807) is 0 Å². The second kappa shape index (κ2) is 3.06. The molecule has 1 aromatic rings. The van der Waals surface area contributed by atoms with Crippen LogP contribution in [-0.4, -0.2) is 27.2 Å². The van der Waals surface area contributed by atoms with E-state index in [2.05, 4.69) is 14.9 Å². The predicted molar refractivity (Wildman–Crippen MR) is 52.5 cm³/mol. The lowest BCUT2D eigenvalue weighted by Crippen LogP contribution is -2.26. The summed E-state index contributed by atoms with van der Waals surface area (Å²) in [7, 11) is 0. The lowest BCUT2D eigenvalue weighted by Gasteiger charge is -2.14. The molecule has 2 aliphatic rings. The third kappa shape index (κ3) is 1.26. The summed E-state index contributed by atoms with van der Waals surface area (Å²) in [5.41, 5.74) is 2.35. The Balaban J connectivity index is 1.95. The van der Waals surface area contributed by atoms with E-state index in [-0.39, 0.29) is 5.92 Å². The summed E-state index contributed by atoms with van der Waals surface area (Å²) >= 11 is 0. The maximum Gasteiger partial charge on any atom is 0.308 e. The van der Waals surface area contributed by atoms with Gasteiger partial charge in [0.05, 0.1) is 11.6 Å². The van der Waals surface area contributed by atoms with Crippen LogP contribution in [0.1, 0.15) is 17.2 Å². The number of carboxylic acid groups (broad SMARTS) is 1. The minimum atomic E-state index is -0.705.